The number of amidine groups is 2. The number of carbonyl (C=O) groups is 2. The van der Waals surface area contributed by atoms with Gasteiger partial charge in [-0.3, -0.25) is 25.6 Å². The van der Waals surface area contributed by atoms with Crippen LogP contribution in [0.25, 0.3) is 10.9 Å². The van der Waals surface area contributed by atoms with E-state index in [-0.39, 0.29) is 30.5 Å². The van der Waals surface area contributed by atoms with Gasteiger partial charge >= 0.3 is 0 Å². The van der Waals surface area contributed by atoms with Crippen LogP contribution in [-0.4, -0.2) is 53.7 Å². The van der Waals surface area contributed by atoms with E-state index in [1.165, 1.54) is 15.5 Å². The summed E-state index contributed by atoms with van der Waals surface area (Å²) in [6.07, 6.45) is 0.860. The van der Waals surface area contributed by atoms with Crippen LogP contribution in [0.2, 0.25) is 0 Å². The molecule has 6 rings (SSSR count). The van der Waals surface area contributed by atoms with Gasteiger partial charge in [-0.25, -0.2) is 0 Å². The minimum absolute atomic E-state index is 0.0293. The highest BCUT2D eigenvalue weighted by Crippen LogP contribution is 2.37. The monoisotopic (exact) mass is 599 g/mol. The molecular formula is C36H37N7O2. The van der Waals surface area contributed by atoms with Gasteiger partial charge in [-0.2, -0.15) is 5.10 Å². The fraction of sp³-hybridized carbons (Fsp3) is 0.194. The molecule has 0 bridgehead atoms. The first-order valence-electron chi connectivity index (χ1n) is 14.9. The zero-order valence-corrected chi connectivity index (χ0v) is 25.6. The number of hydrogen-bond acceptors (Lipinski definition) is 6. The Morgan fingerprint density at radius 1 is 0.911 bits per heavy atom. The van der Waals surface area contributed by atoms with Gasteiger partial charge in [0.1, 0.15) is 23.9 Å². The molecule has 2 heterocycles. The highest BCUT2D eigenvalue weighted by molar-refractivity contribution is 6.31. The Kier molecular flexibility index (Phi) is 9.48. The van der Waals surface area contributed by atoms with Gasteiger partial charge in [0, 0.05) is 41.8 Å². The number of rotatable bonds is 7. The molecule has 4 aromatic carbocycles. The summed E-state index contributed by atoms with van der Waals surface area (Å²) < 4.78 is 0. The first-order valence-corrected chi connectivity index (χ1v) is 14.9. The molecule has 0 aliphatic carbocycles. The zero-order valence-electron chi connectivity index (χ0n) is 25.6. The molecule has 45 heavy (non-hydrogen) atoms. The lowest BCUT2D eigenvalue weighted by atomic mass is 9.97. The first-order chi connectivity index (χ1) is 21.8. The maximum atomic E-state index is 13.8. The minimum Gasteiger partial charge on any atom is -0.372 e. The van der Waals surface area contributed by atoms with Crippen LogP contribution in [0.15, 0.2) is 109 Å². The van der Waals surface area contributed by atoms with Crippen molar-refractivity contribution in [2.45, 2.75) is 26.3 Å². The Balaban J connectivity index is 0.000000309. The summed E-state index contributed by atoms with van der Waals surface area (Å²) in [4.78, 5) is 30.5. The Morgan fingerprint density at radius 3 is 2.18 bits per heavy atom. The maximum Gasteiger partial charge on any atom is 0.238 e. The van der Waals surface area contributed by atoms with Gasteiger partial charge in [0.05, 0.1) is 23.4 Å². The number of amides is 1. The molecule has 1 amide bonds. The highest BCUT2D eigenvalue weighted by atomic mass is 16.2. The molecule has 3 N–H and O–H groups in total. The topological polar surface area (TPSA) is 120 Å². The van der Waals surface area contributed by atoms with Crippen LogP contribution in [0, 0.1) is 16.7 Å². The van der Waals surface area contributed by atoms with Crippen LogP contribution in [-0.2, 0) is 16.0 Å². The Hall–Kier alpha value is -5.57. The van der Waals surface area contributed by atoms with E-state index in [9.17, 15) is 9.59 Å². The molecule has 1 aromatic heterocycles. The molecule has 9 nitrogen and oxygen atoms in total. The second-order valence-corrected chi connectivity index (χ2v) is 11.1. The van der Waals surface area contributed by atoms with Gasteiger partial charge in [-0.15, -0.1) is 0 Å². The van der Waals surface area contributed by atoms with E-state index in [0.717, 1.165) is 16.6 Å². The lowest BCUT2D eigenvalue weighted by Gasteiger charge is -2.27. The van der Waals surface area contributed by atoms with Gasteiger partial charge in [0.15, 0.2) is 0 Å². The van der Waals surface area contributed by atoms with Crippen molar-refractivity contribution < 1.29 is 9.59 Å². The van der Waals surface area contributed by atoms with Gasteiger partial charge in [-0.05, 0) is 44.2 Å². The van der Waals surface area contributed by atoms with E-state index >= 15 is 0 Å². The third-order valence-corrected chi connectivity index (χ3v) is 7.96. The Bertz CT molecular complexity index is 1800. The van der Waals surface area contributed by atoms with Crippen molar-refractivity contribution in [1.82, 2.24) is 10.2 Å². The van der Waals surface area contributed by atoms with E-state index in [0.29, 0.717) is 29.3 Å². The third kappa shape index (κ3) is 6.52. The van der Waals surface area contributed by atoms with Crippen molar-refractivity contribution in [3.8, 4) is 0 Å². The molecule has 0 saturated heterocycles. The number of H-pyrrole nitrogens is 1. The molecule has 1 unspecified atom stereocenters. The third-order valence-electron chi connectivity index (χ3n) is 7.96. The Labute approximate surface area is 263 Å². The smallest absolute Gasteiger partial charge is 0.238 e. The summed E-state index contributed by atoms with van der Waals surface area (Å²) in [6.45, 7) is 4.23. The van der Waals surface area contributed by atoms with Crippen LogP contribution < -0.4 is 14.7 Å². The number of aromatic nitrogens is 2. The number of para-hydroxylation sites is 4. The van der Waals surface area contributed by atoms with Crippen molar-refractivity contribution in [2.24, 2.45) is 5.92 Å². The molecule has 5 aromatic rings. The number of hydrogen-bond donors (Lipinski definition) is 3. The fourth-order valence-electron chi connectivity index (χ4n) is 5.34. The number of aromatic amines is 1. The molecule has 1 atom stereocenters. The summed E-state index contributed by atoms with van der Waals surface area (Å²) >= 11 is 0. The summed E-state index contributed by atoms with van der Waals surface area (Å²) in [5.74, 6) is -1.25. The molecule has 1 aliphatic heterocycles. The van der Waals surface area contributed by atoms with E-state index in [2.05, 4.69) is 60.3 Å². The van der Waals surface area contributed by atoms with Crippen LogP contribution >= 0.6 is 0 Å². The molecule has 9 heteroatoms. The fourth-order valence-corrected chi connectivity index (χ4v) is 5.34. The van der Waals surface area contributed by atoms with Crippen LogP contribution in [0.3, 0.4) is 0 Å². The van der Waals surface area contributed by atoms with Crippen molar-refractivity contribution in [2.75, 3.05) is 28.3 Å². The minimum atomic E-state index is -0.930. The van der Waals surface area contributed by atoms with Gasteiger partial charge < -0.3 is 14.6 Å². The number of nitrogens with one attached hydrogen (secondary N) is 3. The highest BCUT2D eigenvalue weighted by Gasteiger charge is 2.40. The molecular weight excluding hydrogens is 562 g/mol. The van der Waals surface area contributed by atoms with Crippen molar-refractivity contribution in [3.05, 3.63) is 120 Å². The largest absolute Gasteiger partial charge is 0.372 e. The van der Waals surface area contributed by atoms with E-state index < -0.39 is 5.92 Å². The van der Waals surface area contributed by atoms with Crippen molar-refractivity contribution in [1.29, 1.82) is 10.8 Å². The summed E-state index contributed by atoms with van der Waals surface area (Å²) in [5, 5.41) is 26.3. The van der Waals surface area contributed by atoms with E-state index in [1.807, 2.05) is 48.5 Å². The van der Waals surface area contributed by atoms with Crippen LogP contribution in [0.1, 0.15) is 25.1 Å². The number of carbonyl (C=O) groups excluding carboxylic acids is 2. The maximum absolute atomic E-state index is 13.8. The van der Waals surface area contributed by atoms with Gasteiger partial charge in [-0.1, -0.05) is 78.9 Å². The average Bonchev–Trinajstić information content (AvgIpc) is 3.46. The van der Waals surface area contributed by atoms with Crippen molar-refractivity contribution in [3.63, 3.8) is 0 Å². The molecule has 0 fully saturated rings. The van der Waals surface area contributed by atoms with Crippen LogP contribution in [0.5, 0.6) is 0 Å². The first kappa shape index (κ1) is 30.9. The van der Waals surface area contributed by atoms with Crippen molar-refractivity contribution >= 4 is 51.8 Å². The molecule has 1 aliphatic rings. The summed E-state index contributed by atoms with van der Waals surface area (Å²) in [6, 6.07) is 34.8. The second kappa shape index (κ2) is 13.8. The molecule has 0 saturated carbocycles. The van der Waals surface area contributed by atoms with Gasteiger partial charge in [0.25, 0.3) is 0 Å². The number of nitrogens with zero attached hydrogens (tertiary/aromatic N) is 4. The second-order valence-electron chi connectivity index (χ2n) is 11.1. The lowest BCUT2D eigenvalue weighted by molar-refractivity contribution is -0.121. The molecule has 0 spiro atoms. The van der Waals surface area contributed by atoms with Crippen LogP contribution in [0.4, 0.5) is 17.1 Å². The molecule has 0 radical (unpaired) electrons. The Morgan fingerprint density at radius 2 is 1.51 bits per heavy atom. The zero-order chi connectivity index (χ0) is 31.9. The number of benzene rings is 4. The van der Waals surface area contributed by atoms with E-state index in [1.54, 1.807) is 36.4 Å². The van der Waals surface area contributed by atoms with Gasteiger partial charge in [0.2, 0.25) is 5.91 Å². The normalized spacial score (nSPS) is 14.4. The average molecular weight is 600 g/mol. The predicted molar refractivity (Wildman–Crippen MR) is 182 cm³/mol. The summed E-state index contributed by atoms with van der Waals surface area (Å²) in [7, 11) is 2.11. The lowest BCUT2D eigenvalue weighted by Crippen LogP contribution is -2.45. The number of aldehydes is 1. The SMILES string of the molecule is CC(C)N(C)c1ccccc1.N=C(c1ccccc1)N1C(=N)C(Cc2[nH]nc3ccccc23)C(=O)N(CC=O)c2ccccc21. The summed E-state index contributed by atoms with van der Waals surface area (Å²) in [5.41, 5.74) is 4.39. The van der Waals surface area contributed by atoms with E-state index in [4.69, 9.17) is 10.8 Å². The predicted octanol–water partition coefficient (Wildman–Crippen LogP) is 6.31. The standard InChI is InChI=1S/C26H22N6O2.C10H15N/c27-24(17-8-2-1-3-9-17)32-23-13-7-6-12-22(23)31(14-15-33)26(34)19(25(32)28)16-21-18-10-4-5-11-20(18)29-30-21;1-9(2)11(3)10-7-5-4-6-8-10/h1-13,15,19,27-28H,14,16H2,(H,29,30);4-9H,1-3H3. The quantitative estimate of drug-likeness (QED) is 0.115. The number of anilines is 3. The number of fused-ring (bicyclic) bond motifs is 2. The molecule has 228 valence electrons.